The molecule has 0 amide bonds. The maximum Gasteiger partial charge on any atom is 0.203 e. The first-order valence-electron chi connectivity index (χ1n) is 14.7. The summed E-state index contributed by atoms with van der Waals surface area (Å²) in [5, 5.41) is 25.2. The molecule has 11 heteroatoms. The van der Waals surface area contributed by atoms with Gasteiger partial charge in [-0.1, -0.05) is 6.07 Å². The number of hydrogen-bond donors (Lipinski definition) is 3. The second-order valence-electron chi connectivity index (χ2n) is 11.4. The predicted molar refractivity (Wildman–Crippen MR) is 170 cm³/mol. The fourth-order valence-corrected chi connectivity index (χ4v) is 6.31. The van der Waals surface area contributed by atoms with Crippen molar-refractivity contribution in [3.05, 3.63) is 84.2 Å². The Kier molecular flexibility index (Phi) is 8.20. The number of ether oxygens (including phenoxy) is 2. The maximum atomic E-state index is 14.9. The third-order valence-electron chi connectivity index (χ3n) is 8.36. The summed E-state index contributed by atoms with van der Waals surface area (Å²) in [6.07, 6.45) is 4.41. The lowest BCUT2D eigenvalue weighted by Gasteiger charge is -2.42. The number of aromatic hydroxyl groups is 1. The molecule has 1 aliphatic heterocycles. The van der Waals surface area contributed by atoms with Crippen molar-refractivity contribution in [2.45, 2.75) is 51.4 Å². The van der Waals surface area contributed by atoms with Gasteiger partial charge in [0.1, 0.15) is 29.0 Å². The van der Waals surface area contributed by atoms with E-state index in [2.05, 4.69) is 34.0 Å². The number of aliphatic hydroxyl groups excluding tert-OH is 1. The topological polar surface area (TPSA) is 105 Å². The van der Waals surface area contributed by atoms with Crippen LogP contribution in [0.5, 0.6) is 17.4 Å². The number of nitrogens with zero attached hydrogens (tertiary/aromatic N) is 4. The first-order chi connectivity index (χ1) is 21.7. The van der Waals surface area contributed by atoms with E-state index in [0.29, 0.717) is 46.7 Å². The Balaban J connectivity index is 1.41. The molecule has 45 heavy (non-hydrogen) atoms. The molecule has 234 valence electrons. The Labute approximate surface area is 259 Å². The summed E-state index contributed by atoms with van der Waals surface area (Å²) in [7, 11) is 3.12. The third-order valence-corrected chi connectivity index (χ3v) is 8.36. The predicted octanol–water partition coefficient (Wildman–Crippen LogP) is 6.63. The van der Waals surface area contributed by atoms with Crippen LogP contribution in [0.2, 0.25) is 0 Å². The molecule has 2 atom stereocenters. The minimum absolute atomic E-state index is 0.0610. The number of benzene rings is 2. The minimum Gasteiger partial charge on any atom is -0.497 e. The molecule has 6 rings (SSSR count). The molecule has 5 aromatic rings. The maximum absolute atomic E-state index is 14.9. The van der Waals surface area contributed by atoms with E-state index in [0.717, 1.165) is 11.3 Å². The largest absolute Gasteiger partial charge is 0.497 e. The highest BCUT2D eigenvalue weighted by atomic mass is 19.1. The fourth-order valence-electron chi connectivity index (χ4n) is 6.31. The summed E-state index contributed by atoms with van der Waals surface area (Å²) in [6, 6.07) is 14.6. The second kappa shape index (κ2) is 12.2. The van der Waals surface area contributed by atoms with Crippen molar-refractivity contribution < 1.29 is 28.5 Å². The lowest BCUT2D eigenvalue weighted by Crippen LogP contribution is -2.48. The van der Waals surface area contributed by atoms with Crippen molar-refractivity contribution in [2.24, 2.45) is 0 Å². The van der Waals surface area contributed by atoms with Crippen molar-refractivity contribution in [2.75, 3.05) is 24.4 Å². The van der Waals surface area contributed by atoms with Crippen LogP contribution in [0.15, 0.2) is 67.0 Å². The number of rotatable bonds is 8. The van der Waals surface area contributed by atoms with Gasteiger partial charge in [-0.2, -0.15) is 0 Å². The number of hydrogen-bond acceptors (Lipinski definition) is 8. The van der Waals surface area contributed by atoms with Crippen LogP contribution >= 0.6 is 0 Å². The number of halogens is 2. The highest BCUT2D eigenvalue weighted by Crippen LogP contribution is 2.39. The molecule has 2 aromatic carbocycles. The van der Waals surface area contributed by atoms with E-state index in [1.807, 2.05) is 18.2 Å². The van der Waals surface area contributed by atoms with Crippen LogP contribution < -0.4 is 19.7 Å². The monoisotopic (exact) mass is 615 g/mol. The Morgan fingerprint density at radius 1 is 0.978 bits per heavy atom. The lowest BCUT2D eigenvalue weighted by atomic mass is 9.94. The number of fused-ring (bicyclic) bond motifs is 1. The summed E-state index contributed by atoms with van der Waals surface area (Å²) in [6.45, 7) is 4.39. The minimum atomic E-state index is -0.753. The van der Waals surface area contributed by atoms with Crippen molar-refractivity contribution in [3.8, 4) is 28.6 Å². The molecule has 9 nitrogen and oxygen atoms in total. The van der Waals surface area contributed by atoms with Crippen LogP contribution in [0.1, 0.15) is 32.3 Å². The van der Waals surface area contributed by atoms with Crippen LogP contribution in [0.4, 0.5) is 26.0 Å². The van der Waals surface area contributed by atoms with Gasteiger partial charge in [0.15, 0.2) is 0 Å². The average Bonchev–Trinajstić information content (AvgIpc) is 3.32. The van der Waals surface area contributed by atoms with Gasteiger partial charge in [-0.05, 0) is 69.2 Å². The van der Waals surface area contributed by atoms with E-state index in [9.17, 15) is 19.0 Å². The number of aromatic nitrogens is 3. The van der Waals surface area contributed by atoms with Gasteiger partial charge < -0.3 is 34.5 Å². The van der Waals surface area contributed by atoms with Gasteiger partial charge in [-0.25, -0.2) is 18.7 Å². The Bertz CT molecular complexity index is 1810. The van der Waals surface area contributed by atoms with Crippen LogP contribution in [-0.4, -0.2) is 57.2 Å². The van der Waals surface area contributed by atoms with Crippen molar-refractivity contribution >= 4 is 28.1 Å². The van der Waals surface area contributed by atoms with E-state index in [4.69, 9.17) is 9.47 Å². The SMILES string of the molecule is COc1ccc(Cn2cc3nc(-c4c(F)cccc4F)cc(Nc4ccc(N5C(C)CC(O)CC5C)cn4)c3c2O)c(OC)c1. The van der Waals surface area contributed by atoms with Gasteiger partial charge in [0.05, 0.1) is 66.6 Å². The molecule has 3 aromatic heterocycles. The molecule has 0 bridgehead atoms. The zero-order valence-corrected chi connectivity index (χ0v) is 25.5. The number of methoxy groups -OCH3 is 2. The van der Waals surface area contributed by atoms with Gasteiger partial charge in [0.25, 0.3) is 0 Å². The number of aliphatic hydroxyl groups is 1. The molecule has 0 aliphatic carbocycles. The molecule has 1 aliphatic rings. The zero-order valence-electron chi connectivity index (χ0n) is 25.5. The molecular weight excluding hydrogens is 580 g/mol. The smallest absolute Gasteiger partial charge is 0.203 e. The quantitative estimate of drug-likeness (QED) is 0.179. The van der Waals surface area contributed by atoms with Gasteiger partial charge >= 0.3 is 0 Å². The molecular formula is C34H35F2N5O4. The Hall–Kier alpha value is -4.90. The fraction of sp³-hybridized carbons (Fsp3) is 0.294. The molecule has 2 unspecified atom stereocenters. The van der Waals surface area contributed by atoms with Crippen molar-refractivity contribution in [3.63, 3.8) is 0 Å². The number of anilines is 3. The number of nitrogens with one attached hydrogen (secondary N) is 1. The standard InChI is InChI=1S/C34H35F2N5O4/c1-19-12-23(42)13-20(2)41(19)22-9-11-31(37-16-22)39-28-15-27(32-25(35)6-5-7-26(32)36)38-29-18-40(34(43)33(28)29)17-21-8-10-24(44-3)14-30(21)45-4/h5-11,14-16,18-20,23,42-43H,12-13,17H2,1-4H3,(H,37,39). The first-order valence-corrected chi connectivity index (χ1v) is 14.7. The highest BCUT2D eigenvalue weighted by Gasteiger charge is 2.30. The van der Waals surface area contributed by atoms with Crippen LogP contribution in [0.3, 0.4) is 0 Å². The van der Waals surface area contributed by atoms with Gasteiger partial charge in [0.2, 0.25) is 5.88 Å². The highest BCUT2D eigenvalue weighted by molar-refractivity contribution is 5.99. The van der Waals surface area contributed by atoms with Gasteiger partial charge in [-0.3, -0.25) is 0 Å². The van der Waals surface area contributed by atoms with E-state index in [-0.39, 0.29) is 41.9 Å². The first kappa shape index (κ1) is 30.1. The normalized spacial score (nSPS) is 18.3. The number of piperidine rings is 1. The average molecular weight is 616 g/mol. The molecule has 0 saturated carbocycles. The van der Waals surface area contributed by atoms with Crippen LogP contribution in [0, 0.1) is 11.6 Å². The summed E-state index contributed by atoms with van der Waals surface area (Å²) in [4.78, 5) is 11.4. The van der Waals surface area contributed by atoms with Gasteiger partial charge in [0, 0.05) is 29.9 Å². The Morgan fingerprint density at radius 3 is 2.36 bits per heavy atom. The van der Waals surface area contributed by atoms with Crippen molar-refractivity contribution in [1.82, 2.24) is 14.5 Å². The molecule has 1 saturated heterocycles. The van der Waals surface area contributed by atoms with E-state index < -0.39 is 11.6 Å². The van der Waals surface area contributed by atoms with Crippen LogP contribution in [-0.2, 0) is 6.54 Å². The molecule has 0 radical (unpaired) electrons. The Morgan fingerprint density at radius 2 is 1.71 bits per heavy atom. The molecule has 4 heterocycles. The summed E-state index contributed by atoms with van der Waals surface area (Å²) < 4.78 is 42.3. The summed E-state index contributed by atoms with van der Waals surface area (Å²) in [5.74, 6) is 0.0660. The molecule has 1 fully saturated rings. The lowest BCUT2D eigenvalue weighted by molar-refractivity contribution is 0.116. The molecule has 3 N–H and O–H groups in total. The van der Waals surface area contributed by atoms with Crippen LogP contribution in [0.25, 0.3) is 22.2 Å². The summed E-state index contributed by atoms with van der Waals surface area (Å²) >= 11 is 0. The summed E-state index contributed by atoms with van der Waals surface area (Å²) in [5.41, 5.74) is 2.18. The van der Waals surface area contributed by atoms with Gasteiger partial charge in [-0.15, -0.1) is 0 Å². The van der Waals surface area contributed by atoms with Crippen molar-refractivity contribution in [1.29, 1.82) is 0 Å². The number of pyridine rings is 2. The third kappa shape index (κ3) is 5.83. The van der Waals surface area contributed by atoms with E-state index in [1.54, 1.807) is 43.3 Å². The van der Waals surface area contributed by atoms with E-state index in [1.165, 1.54) is 24.3 Å². The molecule has 0 spiro atoms. The zero-order chi connectivity index (χ0) is 31.8. The van der Waals surface area contributed by atoms with E-state index >= 15 is 0 Å². The second-order valence-corrected chi connectivity index (χ2v) is 11.4.